The Hall–Kier alpha value is -2.16. The molecule has 0 bridgehead atoms. The van der Waals surface area contributed by atoms with Gasteiger partial charge in [-0.25, -0.2) is 4.79 Å². The van der Waals surface area contributed by atoms with Gasteiger partial charge in [0.05, 0.1) is 36.5 Å². The van der Waals surface area contributed by atoms with Gasteiger partial charge in [0, 0.05) is 24.7 Å². The van der Waals surface area contributed by atoms with Crippen molar-refractivity contribution in [2.24, 2.45) is 0 Å². The summed E-state index contributed by atoms with van der Waals surface area (Å²) in [5, 5.41) is 19.5. The highest BCUT2D eigenvalue weighted by atomic mass is 16.5. The highest BCUT2D eigenvalue weighted by Gasteiger charge is 2.25. The molecule has 1 aliphatic carbocycles. The van der Waals surface area contributed by atoms with Gasteiger partial charge in [-0.05, 0) is 43.9 Å². The summed E-state index contributed by atoms with van der Waals surface area (Å²) in [5.41, 5.74) is 1.69. The van der Waals surface area contributed by atoms with Gasteiger partial charge >= 0.3 is 5.69 Å². The summed E-state index contributed by atoms with van der Waals surface area (Å²) in [6.45, 7) is 1.29. The van der Waals surface area contributed by atoms with Crippen LogP contribution in [0.2, 0.25) is 0 Å². The first-order valence-electron chi connectivity index (χ1n) is 9.50. The van der Waals surface area contributed by atoms with Crippen molar-refractivity contribution in [3.8, 4) is 0 Å². The van der Waals surface area contributed by atoms with Crippen molar-refractivity contribution in [1.82, 2.24) is 14.5 Å². The SMILES string of the molecule is O=C(c1ccc2c(c1)[nH]c(=O)n2C1CCC(O)CC1)N1CCOC[C@H](O)C1. The van der Waals surface area contributed by atoms with Crippen LogP contribution in [0.1, 0.15) is 42.1 Å². The highest BCUT2D eigenvalue weighted by molar-refractivity contribution is 5.97. The Morgan fingerprint density at radius 1 is 1.15 bits per heavy atom. The number of hydrogen-bond acceptors (Lipinski definition) is 5. The first kappa shape index (κ1) is 18.2. The molecule has 4 rings (SSSR count). The molecule has 2 aliphatic rings. The van der Waals surface area contributed by atoms with Gasteiger partial charge in [-0.1, -0.05) is 0 Å². The minimum absolute atomic E-state index is 0.0640. The molecule has 8 heteroatoms. The Morgan fingerprint density at radius 3 is 2.70 bits per heavy atom. The summed E-state index contributed by atoms with van der Waals surface area (Å²) < 4.78 is 7.02. The Bertz CT molecular complexity index is 881. The van der Waals surface area contributed by atoms with Crippen LogP contribution in [0.3, 0.4) is 0 Å². The average Bonchev–Trinajstić information content (AvgIpc) is 2.82. The lowest BCUT2D eigenvalue weighted by Gasteiger charge is -2.26. The number of nitrogens with one attached hydrogen (secondary N) is 1. The number of imidazole rings is 1. The molecule has 27 heavy (non-hydrogen) atoms. The van der Waals surface area contributed by atoms with Crippen molar-refractivity contribution in [1.29, 1.82) is 0 Å². The van der Waals surface area contributed by atoms with Crippen LogP contribution in [0.15, 0.2) is 23.0 Å². The van der Waals surface area contributed by atoms with Crippen molar-refractivity contribution in [3.63, 3.8) is 0 Å². The number of nitrogens with zero attached hydrogens (tertiary/aromatic N) is 2. The summed E-state index contributed by atoms with van der Waals surface area (Å²) in [4.78, 5) is 29.7. The molecule has 0 spiro atoms. The number of carbonyl (C=O) groups is 1. The molecule has 1 saturated heterocycles. The molecule has 1 aromatic carbocycles. The van der Waals surface area contributed by atoms with Crippen LogP contribution >= 0.6 is 0 Å². The molecular weight excluding hydrogens is 350 g/mol. The zero-order valence-electron chi connectivity index (χ0n) is 15.1. The average molecular weight is 375 g/mol. The molecule has 8 nitrogen and oxygen atoms in total. The third-order valence-electron chi connectivity index (χ3n) is 5.53. The Labute approximate surface area is 156 Å². The molecule has 1 aromatic heterocycles. The van der Waals surface area contributed by atoms with Crippen LogP contribution in [0.4, 0.5) is 0 Å². The van der Waals surface area contributed by atoms with Gasteiger partial charge in [0.25, 0.3) is 5.91 Å². The van der Waals surface area contributed by atoms with E-state index >= 15 is 0 Å². The number of aliphatic hydroxyl groups is 2. The third-order valence-corrected chi connectivity index (χ3v) is 5.53. The first-order valence-corrected chi connectivity index (χ1v) is 9.50. The van der Waals surface area contributed by atoms with Crippen LogP contribution in [0, 0.1) is 0 Å². The van der Waals surface area contributed by atoms with Crippen LogP contribution < -0.4 is 5.69 Å². The second-order valence-electron chi connectivity index (χ2n) is 7.47. The first-order chi connectivity index (χ1) is 13.0. The van der Waals surface area contributed by atoms with E-state index in [1.54, 1.807) is 27.7 Å². The number of amides is 1. The topological polar surface area (TPSA) is 108 Å². The number of H-pyrrole nitrogens is 1. The number of aromatic nitrogens is 2. The van der Waals surface area contributed by atoms with Gasteiger partial charge in [-0.15, -0.1) is 0 Å². The number of ether oxygens (including phenoxy) is 1. The summed E-state index contributed by atoms with van der Waals surface area (Å²) in [5.74, 6) is -0.184. The molecule has 1 amide bonds. The summed E-state index contributed by atoms with van der Waals surface area (Å²) in [7, 11) is 0. The van der Waals surface area contributed by atoms with Crippen LogP contribution in [-0.4, -0.2) is 69.1 Å². The lowest BCUT2D eigenvalue weighted by Crippen LogP contribution is -2.37. The Kier molecular flexibility index (Phi) is 5.03. The molecule has 146 valence electrons. The largest absolute Gasteiger partial charge is 0.393 e. The number of rotatable bonds is 2. The molecule has 2 aromatic rings. The molecule has 0 unspecified atom stereocenters. The van der Waals surface area contributed by atoms with Crippen LogP contribution in [-0.2, 0) is 4.74 Å². The number of benzene rings is 1. The maximum Gasteiger partial charge on any atom is 0.326 e. The van der Waals surface area contributed by atoms with Crippen molar-refractivity contribution in [2.75, 3.05) is 26.3 Å². The number of carbonyl (C=O) groups excluding carboxylic acids is 1. The molecule has 1 saturated carbocycles. The quantitative estimate of drug-likeness (QED) is 0.714. The van der Waals surface area contributed by atoms with Gasteiger partial charge in [-0.3, -0.25) is 9.36 Å². The maximum absolute atomic E-state index is 12.8. The molecule has 0 radical (unpaired) electrons. The summed E-state index contributed by atoms with van der Waals surface area (Å²) in [6, 6.07) is 5.29. The molecule has 3 N–H and O–H groups in total. The van der Waals surface area contributed by atoms with E-state index in [-0.39, 0.29) is 36.9 Å². The smallest absolute Gasteiger partial charge is 0.326 e. The zero-order chi connectivity index (χ0) is 19.0. The summed E-state index contributed by atoms with van der Waals surface area (Å²) >= 11 is 0. The van der Waals surface area contributed by atoms with Crippen molar-refractivity contribution in [3.05, 3.63) is 34.2 Å². The second-order valence-corrected chi connectivity index (χ2v) is 7.47. The molecule has 2 heterocycles. The Morgan fingerprint density at radius 2 is 1.93 bits per heavy atom. The Balaban J connectivity index is 1.61. The van der Waals surface area contributed by atoms with E-state index in [0.717, 1.165) is 18.4 Å². The molecular formula is C19H25N3O5. The van der Waals surface area contributed by atoms with Crippen LogP contribution in [0.5, 0.6) is 0 Å². The minimum Gasteiger partial charge on any atom is -0.393 e. The lowest BCUT2D eigenvalue weighted by atomic mass is 9.93. The van der Waals surface area contributed by atoms with Gasteiger partial charge in [0.15, 0.2) is 0 Å². The number of aliphatic hydroxyl groups excluding tert-OH is 2. The standard InChI is InChI=1S/C19H25N3O5/c23-14-4-2-13(3-5-14)22-17-6-1-12(9-16(17)20-19(22)26)18(25)21-7-8-27-11-15(24)10-21/h1,6,9,13-15,23-24H,2-5,7-8,10-11H2,(H,20,26)/t13?,14?,15-/m1/s1. The molecule has 2 fully saturated rings. The van der Waals surface area contributed by atoms with E-state index in [1.807, 2.05) is 0 Å². The number of aromatic amines is 1. The van der Waals surface area contributed by atoms with Crippen molar-refractivity contribution >= 4 is 16.9 Å². The predicted molar refractivity (Wildman–Crippen MR) is 98.8 cm³/mol. The van der Waals surface area contributed by atoms with Gasteiger partial charge in [0.2, 0.25) is 0 Å². The van der Waals surface area contributed by atoms with Gasteiger partial charge in [0.1, 0.15) is 0 Å². The predicted octanol–water partition coefficient (Wildman–Crippen LogP) is 0.639. The maximum atomic E-state index is 12.8. The fourth-order valence-electron chi connectivity index (χ4n) is 4.10. The lowest BCUT2D eigenvalue weighted by molar-refractivity contribution is 0.0534. The third kappa shape index (κ3) is 3.65. The monoisotopic (exact) mass is 375 g/mol. The fourth-order valence-corrected chi connectivity index (χ4v) is 4.10. The fraction of sp³-hybridized carbons (Fsp3) is 0.579. The normalized spacial score (nSPS) is 26.9. The highest BCUT2D eigenvalue weighted by Crippen LogP contribution is 2.30. The zero-order valence-corrected chi connectivity index (χ0v) is 15.1. The molecule has 1 atom stereocenters. The van der Waals surface area contributed by atoms with Crippen molar-refractivity contribution in [2.45, 2.75) is 43.9 Å². The molecule has 1 aliphatic heterocycles. The number of fused-ring (bicyclic) bond motifs is 1. The van der Waals surface area contributed by atoms with Crippen LogP contribution in [0.25, 0.3) is 11.0 Å². The van der Waals surface area contributed by atoms with E-state index in [2.05, 4.69) is 4.98 Å². The van der Waals surface area contributed by atoms with E-state index in [0.29, 0.717) is 37.1 Å². The van der Waals surface area contributed by atoms with Gasteiger partial charge in [-0.2, -0.15) is 0 Å². The van der Waals surface area contributed by atoms with E-state index in [4.69, 9.17) is 4.74 Å². The summed E-state index contributed by atoms with van der Waals surface area (Å²) in [6.07, 6.45) is 1.95. The van der Waals surface area contributed by atoms with Gasteiger partial charge < -0.3 is 24.8 Å². The van der Waals surface area contributed by atoms with Crippen molar-refractivity contribution < 1.29 is 19.7 Å². The van der Waals surface area contributed by atoms with E-state index in [9.17, 15) is 19.8 Å². The minimum atomic E-state index is -0.692. The number of hydrogen-bond donors (Lipinski definition) is 3. The van der Waals surface area contributed by atoms with E-state index in [1.165, 1.54) is 0 Å². The second kappa shape index (κ2) is 7.46. The number of β-amino-alcohol motifs (C(OH)–C–C–N with tert-alkyl or cyclic N) is 1. The van der Waals surface area contributed by atoms with E-state index < -0.39 is 6.10 Å².